The molecule has 0 aliphatic rings. The second-order valence-electron chi connectivity index (χ2n) is 4.55. The van der Waals surface area contributed by atoms with E-state index < -0.39 is 10.0 Å². The Morgan fingerprint density at radius 2 is 2.05 bits per heavy atom. The first-order valence-electron chi connectivity index (χ1n) is 6.86. The summed E-state index contributed by atoms with van der Waals surface area (Å²) in [6, 6.07) is 6.61. The molecule has 0 saturated carbocycles. The minimum atomic E-state index is -3.49. The van der Waals surface area contributed by atoms with Crippen LogP contribution in [0.25, 0.3) is 0 Å². The lowest BCUT2D eigenvalue weighted by Crippen LogP contribution is -2.34. The number of hydrogen-bond donors (Lipinski definition) is 1. The Labute approximate surface area is 121 Å². The fourth-order valence-electron chi connectivity index (χ4n) is 1.87. The zero-order valence-corrected chi connectivity index (χ0v) is 13.2. The summed E-state index contributed by atoms with van der Waals surface area (Å²) < 4.78 is 31.8. The van der Waals surface area contributed by atoms with E-state index >= 15 is 0 Å². The largest absolute Gasteiger partial charge is 0.380 e. The third-order valence-corrected chi connectivity index (χ3v) is 5.03. The highest BCUT2D eigenvalue weighted by atomic mass is 32.2. The third-order valence-electron chi connectivity index (χ3n) is 3.06. The molecule has 0 spiro atoms. The second-order valence-corrected chi connectivity index (χ2v) is 6.49. The van der Waals surface area contributed by atoms with Crippen LogP contribution in [0.1, 0.15) is 32.4 Å². The van der Waals surface area contributed by atoms with E-state index in [9.17, 15) is 8.42 Å². The Kier molecular flexibility index (Phi) is 6.61. The van der Waals surface area contributed by atoms with Crippen LogP contribution >= 0.6 is 0 Å². The summed E-state index contributed by atoms with van der Waals surface area (Å²) in [7, 11) is -3.49. The first-order chi connectivity index (χ1) is 9.43. The zero-order chi connectivity index (χ0) is 15.2. The maximum absolute atomic E-state index is 12.6. The van der Waals surface area contributed by atoms with Gasteiger partial charge < -0.3 is 10.5 Å². The molecule has 2 N–H and O–H groups in total. The lowest BCUT2D eigenvalue weighted by molar-refractivity contribution is 0.135. The number of sulfonamides is 1. The number of hydrogen-bond acceptors (Lipinski definition) is 4. The van der Waals surface area contributed by atoms with Gasteiger partial charge in [-0.3, -0.25) is 0 Å². The lowest BCUT2D eigenvalue weighted by Gasteiger charge is -2.21. The third kappa shape index (κ3) is 4.28. The van der Waals surface area contributed by atoms with Gasteiger partial charge in [0.15, 0.2) is 0 Å². The van der Waals surface area contributed by atoms with Gasteiger partial charge in [-0.25, -0.2) is 8.42 Å². The molecule has 1 aromatic carbocycles. The zero-order valence-electron chi connectivity index (χ0n) is 12.4. The predicted molar refractivity (Wildman–Crippen MR) is 80.0 cm³/mol. The molecule has 0 bridgehead atoms. The SMILES string of the molecule is CCOCCN(CC)S(=O)(=O)c1cccc(C(C)N)c1. The van der Waals surface area contributed by atoms with Gasteiger partial charge in [0.05, 0.1) is 11.5 Å². The normalized spacial score (nSPS) is 13.7. The van der Waals surface area contributed by atoms with Crippen LogP contribution in [0.3, 0.4) is 0 Å². The van der Waals surface area contributed by atoms with Gasteiger partial charge in [-0.1, -0.05) is 19.1 Å². The fraction of sp³-hybridized carbons (Fsp3) is 0.571. The Hall–Kier alpha value is -0.950. The van der Waals surface area contributed by atoms with Crippen LogP contribution in [0, 0.1) is 0 Å². The molecule has 0 aliphatic carbocycles. The predicted octanol–water partition coefficient (Wildman–Crippen LogP) is 1.75. The number of rotatable bonds is 8. The molecule has 1 unspecified atom stereocenters. The standard InChI is InChI=1S/C14H24N2O3S/c1-4-16(9-10-19-5-2)20(17,18)14-8-6-7-13(11-14)12(3)15/h6-8,11-12H,4-5,9-10,15H2,1-3H3. The van der Waals surface area contributed by atoms with Crippen LogP contribution in [-0.2, 0) is 14.8 Å². The van der Waals surface area contributed by atoms with E-state index in [1.807, 2.05) is 26.8 Å². The molecular formula is C14H24N2O3S. The van der Waals surface area contributed by atoms with Crippen molar-refractivity contribution in [3.8, 4) is 0 Å². The van der Waals surface area contributed by atoms with E-state index in [-0.39, 0.29) is 10.9 Å². The van der Waals surface area contributed by atoms with Crippen molar-refractivity contribution in [2.75, 3.05) is 26.3 Å². The summed E-state index contributed by atoms with van der Waals surface area (Å²) in [5.74, 6) is 0. The van der Waals surface area contributed by atoms with Gasteiger partial charge in [-0.2, -0.15) is 4.31 Å². The highest BCUT2D eigenvalue weighted by Gasteiger charge is 2.23. The van der Waals surface area contributed by atoms with Crippen molar-refractivity contribution >= 4 is 10.0 Å². The Bertz CT molecular complexity index is 515. The summed E-state index contributed by atoms with van der Waals surface area (Å²) in [5.41, 5.74) is 6.62. The molecule has 0 saturated heterocycles. The Balaban J connectivity index is 2.98. The maximum Gasteiger partial charge on any atom is 0.243 e. The van der Waals surface area contributed by atoms with Gasteiger partial charge in [-0.15, -0.1) is 0 Å². The average molecular weight is 300 g/mol. The van der Waals surface area contributed by atoms with Crippen LogP contribution in [0.5, 0.6) is 0 Å². The van der Waals surface area contributed by atoms with Crippen molar-refractivity contribution in [3.05, 3.63) is 29.8 Å². The minimum Gasteiger partial charge on any atom is -0.380 e. The van der Waals surface area contributed by atoms with Crippen LogP contribution < -0.4 is 5.73 Å². The number of ether oxygens (including phenoxy) is 1. The Morgan fingerprint density at radius 1 is 1.35 bits per heavy atom. The molecule has 1 rings (SSSR count). The molecule has 1 aromatic rings. The van der Waals surface area contributed by atoms with Gasteiger partial charge in [0, 0.05) is 25.7 Å². The first kappa shape index (κ1) is 17.1. The molecule has 0 aliphatic heterocycles. The van der Waals surface area contributed by atoms with Crippen molar-refractivity contribution in [3.63, 3.8) is 0 Å². The molecule has 114 valence electrons. The number of nitrogens with two attached hydrogens (primary N) is 1. The molecule has 0 aromatic heterocycles. The van der Waals surface area contributed by atoms with E-state index in [0.717, 1.165) is 5.56 Å². The Morgan fingerprint density at radius 3 is 2.60 bits per heavy atom. The molecule has 0 heterocycles. The van der Waals surface area contributed by atoms with Gasteiger partial charge in [0.25, 0.3) is 0 Å². The van der Waals surface area contributed by atoms with Crippen molar-refractivity contribution in [1.29, 1.82) is 0 Å². The van der Waals surface area contributed by atoms with E-state index in [1.165, 1.54) is 4.31 Å². The van der Waals surface area contributed by atoms with Gasteiger partial charge in [0.2, 0.25) is 10.0 Å². The lowest BCUT2D eigenvalue weighted by atomic mass is 10.1. The van der Waals surface area contributed by atoms with Gasteiger partial charge in [0.1, 0.15) is 0 Å². The van der Waals surface area contributed by atoms with E-state index in [0.29, 0.717) is 26.3 Å². The van der Waals surface area contributed by atoms with E-state index in [1.54, 1.807) is 18.2 Å². The molecule has 0 amide bonds. The van der Waals surface area contributed by atoms with E-state index in [4.69, 9.17) is 10.5 Å². The van der Waals surface area contributed by atoms with Crippen LogP contribution in [0.4, 0.5) is 0 Å². The summed E-state index contributed by atoms with van der Waals surface area (Å²) in [6.07, 6.45) is 0. The first-order valence-corrected chi connectivity index (χ1v) is 8.30. The highest BCUT2D eigenvalue weighted by molar-refractivity contribution is 7.89. The topological polar surface area (TPSA) is 72.6 Å². The second kappa shape index (κ2) is 7.73. The number of benzene rings is 1. The molecule has 1 atom stereocenters. The number of likely N-dealkylation sites (N-methyl/N-ethyl adjacent to an activating group) is 1. The quantitative estimate of drug-likeness (QED) is 0.742. The number of nitrogens with zero attached hydrogens (tertiary/aromatic N) is 1. The molecule has 0 fully saturated rings. The van der Waals surface area contributed by atoms with Crippen LogP contribution in [0.15, 0.2) is 29.2 Å². The maximum atomic E-state index is 12.6. The molecule has 0 radical (unpaired) electrons. The van der Waals surface area contributed by atoms with Crippen molar-refractivity contribution in [2.24, 2.45) is 5.73 Å². The molecule has 5 nitrogen and oxygen atoms in total. The summed E-state index contributed by atoms with van der Waals surface area (Å²) in [4.78, 5) is 0.283. The van der Waals surface area contributed by atoms with Crippen molar-refractivity contribution in [1.82, 2.24) is 4.31 Å². The minimum absolute atomic E-state index is 0.191. The fourth-order valence-corrected chi connectivity index (χ4v) is 3.35. The molecule has 20 heavy (non-hydrogen) atoms. The van der Waals surface area contributed by atoms with Gasteiger partial charge in [-0.05, 0) is 31.5 Å². The summed E-state index contributed by atoms with van der Waals surface area (Å²) in [5, 5.41) is 0. The molecule has 6 heteroatoms. The van der Waals surface area contributed by atoms with Gasteiger partial charge >= 0.3 is 0 Å². The monoisotopic (exact) mass is 300 g/mol. The van der Waals surface area contributed by atoms with E-state index in [2.05, 4.69) is 0 Å². The van der Waals surface area contributed by atoms with Crippen molar-refractivity contribution in [2.45, 2.75) is 31.7 Å². The average Bonchev–Trinajstić information content (AvgIpc) is 2.43. The summed E-state index contributed by atoms with van der Waals surface area (Å²) in [6.45, 7) is 7.29. The smallest absolute Gasteiger partial charge is 0.243 e. The van der Waals surface area contributed by atoms with Crippen LogP contribution in [0.2, 0.25) is 0 Å². The highest BCUT2D eigenvalue weighted by Crippen LogP contribution is 2.19. The van der Waals surface area contributed by atoms with Crippen LogP contribution in [-0.4, -0.2) is 39.0 Å². The summed E-state index contributed by atoms with van der Waals surface area (Å²) >= 11 is 0. The molecular weight excluding hydrogens is 276 g/mol. The van der Waals surface area contributed by atoms with Crippen molar-refractivity contribution < 1.29 is 13.2 Å².